The molecule has 0 aromatic heterocycles. The van der Waals surface area contributed by atoms with Crippen LogP contribution in [0.2, 0.25) is 5.02 Å². The van der Waals surface area contributed by atoms with E-state index in [1.807, 2.05) is 30.3 Å². The number of halogens is 2. The molecule has 0 saturated heterocycles. The number of ketones is 1. The lowest BCUT2D eigenvalue weighted by molar-refractivity contribution is -0.133. The molecule has 144 valence electrons. The van der Waals surface area contributed by atoms with Crippen molar-refractivity contribution in [3.05, 3.63) is 100 Å². The van der Waals surface area contributed by atoms with Crippen LogP contribution in [0.15, 0.2) is 72.5 Å². The van der Waals surface area contributed by atoms with Gasteiger partial charge >= 0.3 is 5.97 Å². The summed E-state index contributed by atoms with van der Waals surface area (Å²) in [6.07, 6.45) is 1.38. The van der Waals surface area contributed by atoms with Gasteiger partial charge in [0.2, 0.25) is 5.78 Å². The normalized spacial score (nSPS) is 13.9. The predicted molar refractivity (Wildman–Crippen MR) is 107 cm³/mol. The molecule has 6 heteroatoms. The highest BCUT2D eigenvalue weighted by Crippen LogP contribution is 2.36. The van der Waals surface area contributed by atoms with Crippen LogP contribution in [0.25, 0.3) is 6.08 Å². The molecule has 1 aliphatic heterocycles. The maximum Gasteiger partial charge on any atom is 0.315 e. The maximum atomic E-state index is 14.0. The van der Waals surface area contributed by atoms with Crippen molar-refractivity contribution in [3.63, 3.8) is 0 Å². The van der Waals surface area contributed by atoms with E-state index in [4.69, 9.17) is 21.1 Å². The molecule has 3 aromatic rings. The molecule has 0 atom stereocenters. The summed E-state index contributed by atoms with van der Waals surface area (Å²) in [6.45, 7) is 0. The molecule has 4 nitrogen and oxygen atoms in total. The number of ether oxygens (including phenoxy) is 2. The lowest BCUT2D eigenvalue weighted by atomic mass is 10.1. The lowest BCUT2D eigenvalue weighted by Crippen LogP contribution is -2.11. The van der Waals surface area contributed by atoms with Crippen molar-refractivity contribution >= 4 is 29.4 Å². The minimum Gasteiger partial charge on any atom is -0.452 e. The van der Waals surface area contributed by atoms with E-state index >= 15 is 0 Å². The molecule has 0 fully saturated rings. The molecule has 1 heterocycles. The summed E-state index contributed by atoms with van der Waals surface area (Å²) in [7, 11) is 0. The highest BCUT2D eigenvalue weighted by molar-refractivity contribution is 6.32. The van der Waals surface area contributed by atoms with Gasteiger partial charge in [-0.25, -0.2) is 4.39 Å². The van der Waals surface area contributed by atoms with E-state index in [1.54, 1.807) is 0 Å². The Labute approximate surface area is 171 Å². The third kappa shape index (κ3) is 4.05. The van der Waals surface area contributed by atoms with E-state index in [9.17, 15) is 14.0 Å². The summed E-state index contributed by atoms with van der Waals surface area (Å²) >= 11 is 6.01. The molecule has 0 unspecified atom stereocenters. The number of hydrogen-bond donors (Lipinski definition) is 0. The molecule has 0 amide bonds. The highest BCUT2D eigenvalue weighted by atomic mass is 35.5. The van der Waals surface area contributed by atoms with Gasteiger partial charge in [0.15, 0.2) is 5.76 Å². The van der Waals surface area contributed by atoms with Gasteiger partial charge in [0.05, 0.1) is 17.0 Å². The van der Waals surface area contributed by atoms with Crippen molar-refractivity contribution < 1.29 is 23.5 Å². The monoisotopic (exact) mass is 408 g/mol. The second-order valence-corrected chi connectivity index (χ2v) is 6.78. The quantitative estimate of drug-likeness (QED) is 0.336. The fourth-order valence-electron chi connectivity index (χ4n) is 2.94. The van der Waals surface area contributed by atoms with E-state index in [0.717, 1.165) is 5.56 Å². The van der Waals surface area contributed by atoms with Crippen LogP contribution in [-0.4, -0.2) is 11.8 Å². The molecule has 29 heavy (non-hydrogen) atoms. The zero-order chi connectivity index (χ0) is 20.4. The fourth-order valence-corrected chi connectivity index (χ4v) is 3.16. The summed E-state index contributed by atoms with van der Waals surface area (Å²) in [6, 6.07) is 17.9. The van der Waals surface area contributed by atoms with Gasteiger partial charge in [0.25, 0.3) is 0 Å². The number of Topliss-reactive ketones (excluding diaryl/α,β-unsaturated/α-hetero) is 1. The van der Waals surface area contributed by atoms with Gasteiger partial charge in [0.1, 0.15) is 17.3 Å². The first-order chi connectivity index (χ1) is 14.0. The number of benzene rings is 3. The molecule has 1 aliphatic rings. The van der Waals surface area contributed by atoms with Crippen molar-refractivity contribution in [3.8, 4) is 11.5 Å². The standard InChI is InChI=1S/C23H14ClFO4/c24-18-7-4-8-19(25)17(18)13-21-23(27)16-10-9-15(12-20(16)29-21)28-22(26)11-14-5-2-1-3-6-14/h1-10,12-13H,11H2/b21-13-. The van der Waals surface area contributed by atoms with Crippen molar-refractivity contribution in [2.45, 2.75) is 6.42 Å². The number of allylic oxidation sites excluding steroid dienone is 1. The molecular formula is C23H14ClFO4. The minimum atomic E-state index is -0.562. The van der Waals surface area contributed by atoms with Gasteiger partial charge in [-0.05, 0) is 35.9 Å². The van der Waals surface area contributed by atoms with Crippen LogP contribution in [0, 0.1) is 5.82 Å². The maximum absolute atomic E-state index is 14.0. The average Bonchev–Trinajstić information content (AvgIpc) is 3.00. The molecule has 0 spiro atoms. The Morgan fingerprint density at radius 3 is 2.62 bits per heavy atom. The minimum absolute atomic E-state index is 0.0558. The van der Waals surface area contributed by atoms with Crippen LogP contribution < -0.4 is 9.47 Å². The third-order valence-corrected chi connectivity index (χ3v) is 4.67. The van der Waals surface area contributed by atoms with Gasteiger partial charge in [-0.1, -0.05) is 48.0 Å². The Balaban J connectivity index is 1.53. The number of carbonyl (C=O) groups excluding carboxylic acids is 2. The topological polar surface area (TPSA) is 52.6 Å². The van der Waals surface area contributed by atoms with Crippen LogP contribution in [0.5, 0.6) is 11.5 Å². The molecule has 0 radical (unpaired) electrons. The van der Waals surface area contributed by atoms with E-state index in [0.29, 0.717) is 5.56 Å². The Morgan fingerprint density at radius 2 is 1.86 bits per heavy atom. The summed E-state index contributed by atoms with van der Waals surface area (Å²) in [5, 5.41) is 0.167. The van der Waals surface area contributed by atoms with Crippen molar-refractivity contribution in [1.29, 1.82) is 0 Å². The zero-order valence-electron chi connectivity index (χ0n) is 15.0. The van der Waals surface area contributed by atoms with Crippen LogP contribution in [0.4, 0.5) is 4.39 Å². The number of esters is 1. The number of carbonyl (C=O) groups is 2. The van der Waals surface area contributed by atoms with Crippen LogP contribution in [-0.2, 0) is 11.2 Å². The molecule has 4 rings (SSSR count). The number of rotatable bonds is 4. The molecule has 0 saturated carbocycles. The van der Waals surface area contributed by atoms with Gasteiger partial charge in [-0.2, -0.15) is 0 Å². The second-order valence-electron chi connectivity index (χ2n) is 6.37. The summed E-state index contributed by atoms with van der Waals surface area (Å²) in [5.41, 5.74) is 1.20. The smallest absolute Gasteiger partial charge is 0.315 e. The first-order valence-electron chi connectivity index (χ1n) is 8.78. The first kappa shape index (κ1) is 18.9. The highest BCUT2D eigenvalue weighted by Gasteiger charge is 2.28. The Morgan fingerprint density at radius 1 is 1.07 bits per heavy atom. The molecule has 0 bridgehead atoms. The number of hydrogen-bond acceptors (Lipinski definition) is 4. The lowest BCUT2D eigenvalue weighted by Gasteiger charge is -2.06. The van der Waals surface area contributed by atoms with E-state index in [2.05, 4.69) is 0 Å². The molecule has 0 N–H and O–H groups in total. The second kappa shape index (κ2) is 7.89. The van der Waals surface area contributed by atoms with Gasteiger partial charge in [-0.3, -0.25) is 9.59 Å². The summed E-state index contributed by atoms with van der Waals surface area (Å²) in [4.78, 5) is 24.7. The van der Waals surface area contributed by atoms with Crippen LogP contribution >= 0.6 is 11.6 Å². The van der Waals surface area contributed by atoms with E-state index in [-0.39, 0.29) is 34.3 Å². The zero-order valence-corrected chi connectivity index (χ0v) is 15.8. The van der Waals surface area contributed by atoms with Crippen LogP contribution in [0.3, 0.4) is 0 Å². The Kier molecular flexibility index (Phi) is 5.14. The molecule has 3 aromatic carbocycles. The van der Waals surface area contributed by atoms with E-state index in [1.165, 1.54) is 42.5 Å². The van der Waals surface area contributed by atoms with E-state index < -0.39 is 17.6 Å². The third-order valence-electron chi connectivity index (χ3n) is 4.34. The SMILES string of the molecule is O=C(Cc1ccccc1)Oc1ccc2c(c1)O/C(=C\c1c(F)cccc1Cl)C2=O. The fraction of sp³-hybridized carbons (Fsp3) is 0.0435. The largest absolute Gasteiger partial charge is 0.452 e. The Bertz CT molecular complexity index is 1120. The number of fused-ring (bicyclic) bond motifs is 1. The predicted octanol–water partition coefficient (Wildman–Crippen LogP) is 5.24. The van der Waals surface area contributed by atoms with Crippen molar-refractivity contribution in [1.82, 2.24) is 0 Å². The molecule has 0 aliphatic carbocycles. The summed E-state index contributed by atoms with van der Waals surface area (Å²) in [5.74, 6) is -0.968. The molecular weight excluding hydrogens is 395 g/mol. The first-order valence-corrected chi connectivity index (χ1v) is 9.16. The average molecular weight is 409 g/mol. The summed E-state index contributed by atoms with van der Waals surface area (Å²) < 4.78 is 24.9. The van der Waals surface area contributed by atoms with Crippen molar-refractivity contribution in [2.75, 3.05) is 0 Å². The van der Waals surface area contributed by atoms with Crippen molar-refractivity contribution in [2.24, 2.45) is 0 Å². The van der Waals surface area contributed by atoms with Gasteiger partial charge < -0.3 is 9.47 Å². The van der Waals surface area contributed by atoms with Gasteiger partial charge in [0, 0.05) is 11.6 Å². The van der Waals surface area contributed by atoms with Crippen LogP contribution in [0.1, 0.15) is 21.5 Å². The Hall–Kier alpha value is -3.44. The van der Waals surface area contributed by atoms with Gasteiger partial charge in [-0.15, -0.1) is 0 Å².